The lowest BCUT2D eigenvalue weighted by atomic mass is 10.3. The molecule has 0 unspecified atom stereocenters. The number of nitrogens with zero attached hydrogens (tertiary/aromatic N) is 1. The topological polar surface area (TPSA) is 38.8 Å². The maximum atomic E-state index is 11.7. The van der Waals surface area contributed by atoms with Crippen molar-refractivity contribution in [3.8, 4) is 0 Å². The molecule has 1 radical (unpaired) electrons. The van der Waals surface area contributed by atoms with Gasteiger partial charge in [-0.15, -0.1) is 0 Å². The number of hydrogen-bond donors (Lipinski definition) is 0. The zero-order valence-electron chi connectivity index (χ0n) is 11.2. The van der Waals surface area contributed by atoms with Gasteiger partial charge in [-0.1, -0.05) is 18.2 Å². The number of benzene rings is 1. The molecule has 0 saturated heterocycles. The summed E-state index contributed by atoms with van der Waals surface area (Å²) >= 11 is 0. The lowest BCUT2D eigenvalue weighted by molar-refractivity contribution is -0.116. The van der Waals surface area contributed by atoms with E-state index in [9.17, 15) is 4.79 Å². The van der Waals surface area contributed by atoms with Crippen LogP contribution in [0.2, 0.25) is 0 Å². The van der Waals surface area contributed by atoms with E-state index in [1.165, 1.54) is 0 Å². The largest absolute Gasteiger partial charge is 0.406 e. The van der Waals surface area contributed by atoms with Crippen molar-refractivity contribution in [2.45, 2.75) is 20.8 Å². The van der Waals surface area contributed by atoms with Gasteiger partial charge in [-0.3, -0.25) is 4.79 Å². The van der Waals surface area contributed by atoms with Crippen LogP contribution in [0.15, 0.2) is 30.3 Å². The molecule has 5 heteroatoms. The second-order valence-corrected chi connectivity index (χ2v) is 5.32. The van der Waals surface area contributed by atoms with Crippen molar-refractivity contribution in [3.63, 3.8) is 0 Å². The predicted molar refractivity (Wildman–Crippen MR) is 73.5 cm³/mol. The van der Waals surface area contributed by atoms with E-state index in [-0.39, 0.29) is 5.91 Å². The third-order valence-corrected chi connectivity index (χ3v) is 4.14. The Morgan fingerprint density at radius 3 is 2.17 bits per heavy atom. The summed E-state index contributed by atoms with van der Waals surface area (Å²) in [4.78, 5) is 13.4. The molecule has 18 heavy (non-hydrogen) atoms. The Kier molecular flexibility index (Phi) is 6.63. The van der Waals surface area contributed by atoms with Crippen molar-refractivity contribution < 1.29 is 13.6 Å². The zero-order chi connectivity index (χ0) is 13.4. The molecule has 0 aliphatic carbocycles. The number of para-hydroxylation sites is 1. The van der Waals surface area contributed by atoms with Gasteiger partial charge in [-0.05, 0) is 26.0 Å². The zero-order valence-corrected chi connectivity index (χ0v) is 12.2. The van der Waals surface area contributed by atoms with Crippen molar-refractivity contribution >= 4 is 20.9 Å². The number of anilines is 1. The summed E-state index contributed by atoms with van der Waals surface area (Å²) in [5.74, 6) is 0.00288. The molecule has 1 aromatic rings. The predicted octanol–water partition coefficient (Wildman–Crippen LogP) is 2.14. The molecule has 99 valence electrons. The fourth-order valence-corrected chi connectivity index (χ4v) is 3.15. The molecule has 0 spiro atoms. The Labute approximate surface area is 110 Å². The molecule has 0 aliphatic rings. The first-order valence-electron chi connectivity index (χ1n) is 6.13. The number of carbonyl (C=O) groups is 1. The van der Waals surface area contributed by atoms with Crippen LogP contribution >= 0.6 is 0 Å². The summed E-state index contributed by atoms with van der Waals surface area (Å²) in [6, 6.07) is 9.59. The van der Waals surface area contributed by atoms with E-state index in [1.807, 2.05) is 44.2 Å². The minimum absolute atomic E-state index is 0.00288. The molecule has 0 saturated carbocycles. The first kappa shape index (κ1) is 14.9. The van der Waals surface area contributed by atoms with Crippen molar-refractivity contribution in [3.05, 3.63) is 30.3 Å². The lowest BCUT2D eigenvalue weighted by Gasteiger charge is -2.24. The van der Waals surface area contributed by atoms with Crippen LogP contribution in [-0.2, 0) is 13.6 Å². The number of amides is 1. The average Bonchev–Trinajstić information content (AvgIpc) is 2.37. The minimum Gasteiger partial charge on any atom is -0.393 e. The Hall–Kier alpha value is -1.17. The number of hydrogen-bond acceptors (Lipinski definition) is 3. The van der Waals surface area contributed by atoms with E-state index < -0.39 is 9.28 Å². The SMILES string of the molecule is CCO[Si](CN(C(C)=O)c1ccccc1)OCC. The third kappa shape index (κ3) is 4.60. The Morgan fingerprint density at radius 2 is 1.72 bits per heavy atom. The van der Waals surface area contributed by atoms with Crippen LogP contribution in [0.1, 0.15) is 20.8 Å². The molecule has 0 aliphatic heterocycles. The Bertz CT molecular complexity index is 353. The van der Waals surface area contributed by atoms with Crippen molar-refractivity contribution in [1.82, 2.24) is 0 Å². The highest BCUT2D eigenvalue weighted by Crippen LogP contribution is 2.14. The molecule has 0 fully saturated rings. The smallest absolute Gasteiger partial charge is 0.393 e. The molecule has 0 aromatic heterocycles. The highest BCUT2D eigenvalue weighted by atomic mass is 28.3. The molecule has 0 atom stereocenters. The van der Waals surface area contributed by atoms with Gasteiger partial charge in [0.05, 0.1) is 6.17 Å². The summed E-state index contributed by atoms with van der Waals surface area (Å²) < 4.78 is 11.1. The van der Waals surface area contributed by atoms with E-state index in [0.717, 1.165) is 5.69 Å². The van der Waals surface area contributed by atoms with Crippen molar-refractivity contribution in [2.24, 2.45) is 0 Å². The van der Waals surface area contributed by atoms with Crippen LogP contribution in [0.4, 0.5) is 5.69 Å². The van der Waals surface area contributed by atoms with E-state index in [4.69, 9.17) is 8.85 Å². The molecule has 4 nitrogen and oxygen atoms in total. The van der Waals surface area contributed by atoms with Gasteiger partial charge in [0.25, 0.3) is 0 Å². The molecule has 1 rings (SSSR count). The van der Waals surface area contributed by atoms with Crippen LogP contribution in [0.25, 0.3) is 0 Å². The minimum atomic E-state index is -1.43. The standard InChI is InChI=1S/C13H20NO3Si/c1-4-16-18(17-5-2)11-14(12(3)15)13-9-7-6-8-10-13/h6-10H,4-5,11H2,1-3H3. The maximum Gasteiger partial charge on any atom is 0.406 e. The molecule has 1 aromatic carbocycles. The van der Waals surface area contributed by atoms with Gasteiger partial charge >= 0.3 is 9.28 Å². The van der Waals surface area contributed by atoms with Crippen LogP contribution < -0.4 is 4.90 Å². The van der Waals surface area contributed by atoms with Gasteiger partial charge in [-0.2, -0.15) is 0 Å². The molecule has 0 N–H and O–H groups in total. The second-order valence-electron chi connectivity index (χ2n) is 3.68. The van der Waals surface area contributed by atoms with Crippen LogP contribution in [0.3, 0.4) is 0 Å². The summed E-state index contributed by atoms with van der Waals surface area (Å²) in [5.41, 5.74) is 0.881. The molecule has 1 amide bonds. The second kappa shape index (κ2) is 8.02. The summed E-state index contributed by atoms with van der Waals surface area (Å²) in [6.45, 7) is 6.64. The molecular weight excluding hydrogens is 246 g/mol. The van der Waals surface area contributed by atoms with Gasteiger partial charge < -0.3 is 13.8 Å². The average molecular weight is 266 g/mol. The quantitative estimate of drug-likeness (QED) is 0.710. The van der Waals surface area contributed by atoms with Gasteiger partial charge in [-0.25, -0.2) is 0 Å². The van der Waals surface area contributed by atoms with E-state index in [1.54, 1.807) is 11.8 Å². The fourth-order valence-electron chi connectivity index (χ4n) is 1.58. The highest BCUT2D eigenvalue weighted by Gasteiger charge is 2.22. The van der Waals surface area contributed by atoms with E-state index in [0.29, 0.717) is 19.4 Å². The molecule has 0 bridgehead atoms. The van der Waals surface area contributed by atoms with Crippen LogP contribution in [0, 0.1) is 0 Å². The number of carbonyl (C=O) groups excluding carboxylic acids is 1. The summed E-state index contributed by atoms with van der Waals surface area (Å²) in [7, 11) is -1.43. The van der Waals surface area contributed by atoms with Crippen LogP contribution in [0.5, 0.6) is 0 Å². The first-order chi connectivity index (χ1) is 8.69. The summed E-state index contributed by atoms with van der Waals surface area (Å²) in [5, 5.41) is 0. The first-order valence-corrected chi connectivity index (χ1v) is 7.66. The van der Waals surface area contributed by atoms with E-state index in [2.05, 4.69) is 0 Å². The van der Waals surface area contributed by atoms with Crippen LogP contribution in [-0.4, -0.2) is 34.6 Å². The lowest BCUT2D eigenvalue weighted by Crippen LogP contribution is -2.42. The monoisotopic (exact) mass is 266 g/mol. The van der Waals surface area contributed by atoms with E-state index >= 15 is 0 Å². The highest BCUT2D eigenvalue weighted by molar-refractivity contribution is 6.46. The Morgan fingerprint density at radius 1 is 1.17 bits per heavy atom. The molecular formula is C13H20NO3Si. The van der Waals surface area contributed by atoms with Crippen molar-refractivity contribution in [2.75, 3.05) is 24.3 Å². The third-order valence-electron chi connectivity index (χ3n) is 2.35. The van der Waals surface area contributed by atoms with Gasteiger partial charge in [0.2, 0.25) is 5.91 Å². The summed E-state index contributed by atoms with van der Waals surface area (Å²) in [6.07, 6.45) is 0.506. The normalized spacial score (nSPS) is 10.7. The maximum absolute atomic E-state index is 11.7. The van der Waals surface area contributed by atoms with Crippen molar-refractivity contribution in [1.29, 1.82) is 0 Å². The fraction of sp³-hybridized carbons (Fsp3) is 0.462. The van der Waals surface area contributed by atoms with Gasteiger partial charge in [0.15, 0.2) is 0 Å². The number of rotatable bonds is 7. The van der Waals surface area contributed by atoms with Gasteiger partial charge in [0.1, 0.15) is 0 Å². The Balaban J connectivity index is 2.76. The van der Waals surface area contributed by atoms with Gasteiger partial charge in [0, 0.05) is 25.8 Å². The molecule has 0 heterocycles.